The Morgan fingerprint density at radius 3 is 2.94 bits per heavy atom. The molecule has 1 heterocycles. The van der Waals surface area contributed by atoms with Crippen LogP contribution < -0.4 is 5.32 Å². The molecular weight excluding hydrogens is 212 g/mol. The maximum absolute atomic E-state index is 8.84. The Balaban J connectivity index is 1.99. The van der Waals surface area contributed by atoms with Crippen molar-refractivity contribution < 1.29 is 4.42 Å². The van der Waals surface area contributed by atoms with E-state index in [0.29, 0.717) is 12.1 Å². The van der Waals surface area contributed by atoms with Gasteiger partial charge < -0.3 is 9.73 Å². The second-order valence-corrected chi connectivity index (χ2v) is 3.92. The van der Waals surface area contributed by atoms with Crippen LogP contribution in [0, 0.1) is 11.3 Å². The van der Waals surface area contributed by atoms with Gasteiger partial charge in [0, 0.05) is 6.04 Å². The van der Waals surface area contributed by atoms with Gasteiger partial charge in [0.05, 0.1) is 24.4 Å². The summed E-state index contributed by atoms with van der Waals surface area (Å²) in [6, 6.07) is 13.8. The summed E-state index contributed by atoms with van der Waals surface area (Å²) in [7, 11) is 0. The molecule has 0 aliphatic heterocycles. The Hall–Kier alpha value is -2.05. The van der Waals surface area contributed by atoms with Crippen LogP contribution in [-0.2, 0) is 6.54 Å². The summed E-state index contributed by atoms with van der Waals surface area (Å²) in [5.41, 5.74) is 1.80. The molecule has 1 aromatic carbocycles. The molecule has 0 radical (unpaired) electrons. The number of furan rings is 1. The zero-order valence-corrected chi connectivity index (χ0v) is 9.68. The van der Waals surface area contributed by atoms with Crippen molar-refractivity contribution >= 4 is 0 Å². The van der Waals surface area contributed by atoms with Crippen molar-refractivity contribution in [3.05, 3.63) is 59.5 Å². The van der Waals surface area contributed by atoms with E-state index in [2.05, 4.69) is 18.3 Å². The van der Waals surface area contributed by atoms with Crippen molar-refractivity contribution in [2.45, 2.75) is 19.5 Å². The van der Waals surface area contributed by atoms with E-state index in [-0.39, 0.29) is 6.04 Å². The molecular formula is C14H14N2O. The highest BCUT2D eigenvalue weighted by Gasteiger charge is 2.06. The topological polar surface area (TPSA) is 49.0 Å². The average Bonchev–Trinajstić information content (AvgIpc) is 2.89. The summed E-state index contributed by atoms with van der Waals surface area (Å²) >= 11 is 0. The van der Waals surface area contributed by atoms with Crippen molar-refractivity contribution in [3.63, 3.8) is 0 Å². The molecule has 2 aromatic rings. The van der Waals surface area contributed by atoms with E-state index in [1.165, 1.54) is 0 Å². The molecule has 0 fully saturated rings. The Kier molecular flexibility index (Phi) is 3.59. The van der Waals surface area contributed by atoms with Crippen molar-refractivity contribution in [1.82, 2.24) is 5.32 Å². The number of benzene rings is 1. The molecule has 0 aliphatic carbocycles. The van der Waals surface area contributed by atoms with Gasteiger partial charge in [0.15, 0.2) is 0 Å². The normalized spacial score (nSPS) is 12.0. The highest BCUT2D eigenvalue weighted by molar-refractivity contribution is 5.34. The summed E-state index contributed by atoms with van der Waals surface area (Å²) in [4.78, 5) is 0. The molecule has 0 spiro atoms. The van der Waals surface area contributed by atoms with Crippen LogP contribution in [0.1, 0.15) is 29.9 Å². The van der Waals surface area contributed by atoms with Gasteiger partial charge in [-0.25, -0.2) is 0 Å². The largest absolute Gasteiger partial charge is 0.468 e. The van der Waals surface area contributed by atoms with Gasteiger partial charge in [0.25, 0.3) is 0 Å². The Bertz CT molecular complexity index is 511. The summed E-state index contributed by atoms with van der Waals surface area (Å²) in [5.74, 6) is 0.910. The lowest BCUT2D eigenvalue weighted by Crippen LogP contribution is -2.17. The molecule has 86 valence electrons. The van der Waals surface area contributed by atoms with Crippen LogP contribution in [0.3, 0.4) is 0 Å². The molecule has 3 nitrogen and oxygen atoms in total. The number of nitriles is 1. The molecule has 0 bridgehead atoms. The first-order valence-corrected chi connectivity index (χ1v) is 5.55. The number of nitrogens with zero attached hydrogens (tertiary/aromatic N) is 1. The van der Waals surface area contributed by atoms with E-state index in [0.717, 1.165) is 11.3 Å². The van der Waals surface area contributed by atoms with E-state index in [1.54, 1.807) is 6.26 Å². The fraction of sp³-hybridized carbons (Fsp3) is 0.214. The maximum atomic E-state index is 8.84. The number of hydrogen-bond donors (Lipinski definition) is 1. The third-order valence-electron chi connectivity index (χ3n) is 2.68. The van der Waals surface area contributed by atoms with E-state index in [9.17, 15) is 0 Å². The smallest absolute Gasteiger partial charge is 0.117 e. The van der Waals surface area contributed by atoms with Gasteiger partial charge in [-0.2, -0.15) is 5.26 Å². The zero-order chi connectivity index (χ0) is 12.1. The highest BCUT2D eigenvalue weighted by Crippen LogP contribution is 2.14. The second kappa shape index (κ2) is 5.33. The molecule has 0 saturated heterocycles. The first-order chi connectivity index (χ1) is 8.29. The van der Waals surface area contributed by atoms with Gasteiger partial charge in [-0.3, -0.25) is 0 Å². The molecule has 1 N–H and O–H groups in total. The van der Waals surface area contributed by atoms with Crippen LogP contribution in [0.15, 0.2) is 47.1 Å². The van der Waals surface area contributed by atoms with Crippen molar-refractivity contribution in [3.8, 4) is 6.07 Å². The van der Waals surface area contributed by atoms with E-state index < -0.39 is 0 Å². The van der Waals surface area contributed by atoms with Gasteiger partial charge >= 0.3 is 0 Å². The standard InChI is InChI=1S/C14H14N2O/c1-11(16-10-14-6-3-7-17-14)13-5-2-4-12(8-13)9-15/h2-8,11,16H,10H2,1H3. The molecule has 1 aromatic heterocycles. The number of rotatable bonds is 4. The van der Waals surface area contributed by atoms with Crippen molar-refractivity contribution in [1.29, 1.82) is 5.26 Å². The SMILES string of the molecule is CC(NCc1ccco1)c1cccc(C#N)c1. The lowest BCUT2D eigenvalue weighted by molar-refractivity contribution is 0.460. The molecule has 0 saturated carbocycles. The van der Waals surface area contributed by atoms with E-state index >= 15 is 0 Å². The summed E-state index contributed by atoms with van der Waals surface area (Å²) < 4.78 is 5.25. The van der Waals surface area contributed by atoms with Crippen LogP contribution in [0.25, 0.3) is 0 Å². The first-order valence-electron chi connectivity index (χ1n) is 5.55. The second-order valence-electron chi connectivity index (χ2n) is 3.92. The van der Waals surface area contributed by atoms with Gasteiger partial charge in [-0.15, -0.1) is 0 Å². The Labute approximate surface area is 101 Å². The maximum Gasteiger partial charge on any atom is 0.117 e. The fourth-order valence-corrected chi connectivity index (χ4v) is 1.66. The quantitative estimate of drug-likeness (QED) is 0.871. The average molecular weight is 226 g/mol. The van der Waals surface area contributed by atoms with Crippen molar-refractivity contribution in [2.75, 3.05) is 0 Å². The van der Waals surface area contributed by atoms with Crippen LogP contribution in [0.4, 0.5) is 0 Å². The van der Waals surface area contributed by atoms with Gasteiger partial charge in [-0.1, -0.05) is 12.1 Å². The van der Waals surface area contributed by atoms with Crippen LogP contribution in [0.5, 0.6) is 0 Å². The summed E-state index contributed by atoms with van der Waals surface area (Å²) in [6.07, 6.45) is 1.66. The molecule has 0 amide bonds. The Morgan fingerprint density at radius 2 is 2.24 bits per heavy atom. The summed E-state index contributed by atoms with van der Waals surface area (Å²) in [6.45, 7) is 2.75. The zero-order valence-electron chi connectivity index (χ0n) is 9.68. The molecule has 2 rings (SSSR count). The minimum Gasteiger partial charge on any atom is -0.468 e. The highest BCUT2D eigenvalue weighted by atomic mass is 16.3. The van der Waals surface area contributed by atoms with Gasteiger partial charge in [0.1, 0.15) is 5.76 Å². The lowest BCUT2D eigenvalue weighted by atomic mass is 10.1. The predicted octanol–water partition coefficient (Wildman–Crippen LogP) is 3.00. The number of hydrogen-bond acceptors (Lipinski definition) is 3. The van der Waals surface area contributed by atoms with Gasteiger partial charge in [0.2, 0.25) is 0 Å². The molecule has 1 unspecified atom stereocenters. The molecule has 17 heavy (non-hydrogen) atoms. The molecule has 1 atom stereocenters. The Morgan fingerprint density at radius 1 is 1.35 bits per heavy atom. The fourth-order valence-electron chi connectivity index (χ4n) is 1.66. The van der Waals surface area contributed by atoms with E-state index in [1.807, 2.05) is 36.4 Å². The van der Waals surface area contributed by atoms with Gasteiger partial charge in [-0.05, 0) is 36.8 Å². The minimum absolute atomic E-state index is 0.188. The van der Waals surface area contributed by atoms with Crippen LogP contribution in [0.2, 0.25) is 0 Å². The number of nitrogens with one attached hydrogen (secondary N) is 1. The van der Waals surface area contributed by atoms with Crippen LogP contribution in [-0.4, -0.2) is 0 Å². The summed E-state index contributed by atoms with van der Waals surface area (Å²) in [5, 5.41) is 12.2. The predicted molar refractivity (Wildman–Crippen MR) is 65.1 cm³/mol. The minimum atomic E-state index is 0.188. The van der Waals surface area contributed by atoms with Crippen LogP contribution >= 0.6 is 0 Å². The lowest BCUT2D eigenvalue weighted by Gasteiger charge is -2.13. The molecule has 3 heteroatoms. The molecule has 0 aliphatic rings. The van der Waals surface area contributed by atoms with E-state index in [4.69, 9.17) is 9.68 Å². The third-order valence-corrected chi connectivity index (χ3v) is 2.68. The van der Waals surface area contributed by atoms with Crippen molar-refractivity contribution in [2.24, 2.45) is 0 Å². The third kappa shape index (κ3) is 2.96. The monoisotopic (exact) mass is 226 g/mol. The first kappa shape index (κ1) is 11.4.